The van der Waals surface area contributed by atoms with E-state index in [-0.39, 0.29) is 18.1 Å². The zero-order chi connectivity index (χ0) is 28.8. The van der Waals surface area contributed by atoms with Gasteiger partial charge in [-0.25, -0.2) is 4.98 Å². The number of benzene rings is 2. The Balaban J connectivity index is 1.15. The van der Waals surface area contributed by atoms with Crippen molar-refractivity contribution in [1.82, 2.24) is 19.4 Å². The fraction of sp³-hybridized carbons (Fsp3) is 0.457. The molecule has 0 unspecified atom stereocenters. The maximum atomic E-state index is 13.3. The second-order valence-corrected chi connectivity index (χ2v) is 12.8. The molecule has 2 aromatic heterocycles. The number of carbonyl (C=O) groups is 1. The van der Waals surface area contributed by atoms with Crippen molar-refractivity contribution < 1.29 is 9.90 Å². The standard InChI is InChI=1S/C35H41N5O2/c1-22-17-23(2)19-26(18-22)34(42)39-15-13-25(14-16-39)31-21-40(27-8-10-28(41)11-9-27)33-30(31)20-36-35(38-33)37-32-12-7-24-5-3-4-6-29(24)32/h3-6,17-21,25,27-28,32,41H,7-16H2,1-2H3,(H,36,37,38)/t27?,28?,32-/m1/s1. The van der Waals surface area contributed by atoms with E-state index in [0.29, 0.717) is 17.9 Å². The highest BCUT2D eigenvalue weighted by Gasteiger charge is 2.30. The van der Waals surface area contributed by atoms with Crippen LogP contribution in [0.1, 0.15) is 101 Å². The van der Waals surface area contributed by atoms with Crippen LogP contribution in [0.15, 0.2) is 54.9 Å². The monoisotopic (exact) mass is 563 g/mol. The molecular weight excluding hydrogens is 522 g/mol. The van der Waals surface area contributed by atoms with E-state index in [1.165, 1.54) is 16.7 Å². The van der Waals surface area contributed by atoms with Crippen LogP contribution >= 0.6 is 0 Å². The Morgan fingerprint density at radius 1 is 0.929 bits per heavy atom. The number of nitrogens with zero attached hydrogens (tertiary/aromatic N) is 4. The molecule has 1 amide bonds. The number of rotatable bonds is 5. The van der Waals surface area contributed by atoms with Gasteiger partial charge in [0.05, 0.1) is 12.1 Å². The van der Waals surface area contributed by atoms with Crippen LogP contribution < -0.4 is 5.32 Å². The molecule has 0 spiro atoms. The lowest BCUT2D eigenvalue weighted by molar-refractivity contribution is 0.0713. The first-order chi connectivity index (χ1) is 20.4. The van der Waals surface area contributed by atoms with Crippen molar-refractivity contribution in [3.8, 4) is 0 Å². The normalized spacial score (nSPS) is 22.8. The minimum absolute atomic E-state index is 0.135. The molecule has 2 N–H and O–H groups in total. The summed E-state index contributed by atoms with van der Waals surface area (Å²) in [5.41, 5.74) is 8.09. The first-order valence-electron chi connectivity index (χ1n) is 15.7. The maximum absolute atomic E-state index is 13.3. The van der Waals surface area contributed by atoms with Gasteiger partial charge in [0, 0.05) is 42.5 Å². The molecule has 2 aliphatic carbocycles. The highest BCUT2D eigenvalue weighted by molar-refractivity contribution is 5.94. The van der Waals surface area contributed by atoms with Crippen molar-refractivity contribution in [2.75, 3.05) is 18.4 Å². The maximum Gasteiger partial charge on any atom is 0.253 e. The minimum Gasteiger partial charge on any atom is -0.393 e. The molecule has 4 aromatic rings. The third-order valence-electron chi connectivity index (χ3n) is 9.79. The lowest BCUT2D eigenvalue weighted by Gasteiger charge is -2.32. The van der Waals surface area contributed by atoms with Crippen molar-refractivity contribution in [2.45, 2.75) is 89.3 Å². The number of likely N-dealkylation sites (tertiary alicyclic amines) is 1. The molecule has 42 heavy (non-hydrogen) atoms. The molecule has 1 atom stereocenters. The molecule has 3 aliphatic rings. The molecule has 2 aromatic carbocycles. The third-order valence-corrected chi connectivity index (χ3v) is 9.79. The van der Waals surface area contributed by atoms with Gasteiger partial charge in [0.2, 0.25) is 5.95 Å². The first kappa shape index (κ1) is 27.1. The van der Waals surface area contributed by atoms with E-state index in [0.717, 1.165) is 92.2 Å². The van der Waals surface area contributed by atoms with Gasteiger partial charge in [0.1, 0.15) is 5.65 Å². The van der Waals surface area contributed by atoms with E-state index >= 15 is 0 Å². The largest absolute Gasteiger partial charge is 0.393 e. The van der Waals surface area contributed by atoms with Crippen molar-refractivity contribution >= 4 is 22.9 Å². The molecule has 2 fully saturated rings. The summed E-state index contributed by atoms with van der Waals surface area (Å²) < 4.78 is 2.37. The predicted octanol–water partition coefficient (Wildman–Crippen LogP) is 6.64. The van der Waals surface area contributed by atoms with Crippen LogP contribution in [0, 0.1) is 13.8 Å². The number of fused-ring (bicyclic) bond motifs is 2. The van der Waals surface area contributed by atoms with Gasteiger partial charge in [0.25, 0.3) is 5.91 Å². The number of piperidine rings is 1. The number of aromatic nitrogens is 3. The molecule has 1 saturated carbocycles. The zero-order valence-electron chi connectivity index (χ0n) is 24.7. The Hall–Kier alpha value is -3.71. The lowest BCUT2D eigenvalue weighted by Crippen LogP contribution is -2.38. The quantitative estimate of drug-likeness (QED) is 0.284. The lowest BCUT2D eigenvalue weighted by atomic mass is 9.89. The van der Waals surface area contributed by atoms with Crippen LogP contribution in [0.4, 0.5) is 5.95 Å². The number of aryl methyl sites for hydroxylation is 3. The van der Waals surface area contributed by atoms with Crippen molar-refractivity contribution in [2.24, 2.45) is 0 Å². The van der Waals surface area contributed by atoms with Crippen molar-refractivity contribution in [3.05, 3.63) is 88.2 Å². The van der Waals surface area contributed by atoms with E-state index in [9.17, 15) is 9.90 Å². The summed E-state index contributed by atoms with van der Waals surface area (Å²) in [6, 6.07) is 15.3. The molecule has 218 valence electrons. The SMILES string of the molecule is Cc1cc(C)cc(C(=O)N2CCC(c3cn(C4CCC(O)CC4)c4nc(N[C@@H]5CCc6ccccc65)ncc34)CC2)c1. The summed E-state index contributed by atoms with van der Waals surface area (Å²) >= 11 is 0. The van der Waals surface area contributed by atoms with E-state index in [1.54, 1.807) is 0 Å². The van der Waals surface area contributed by atoms with Gasteiger partial charge >= 0.3 is 0 Å². The van der Waals surface area contributed by atoms with E-state index in [2.05, 4.69) is 60.3 Å². The van der Waals surface area contributed by atoms with Gasteiger partial charge in [-0.15, -0.1) is 0 Å². The number of hydrogen-bond donors (Lipinski definition) is 2. The topological polar surface area (TPSA) is 83.3 Å². The molecule has 7 heteroatoms. The summed E-state index contributed by atoms with van der Waals surface area (Å²) in [5.74, 6) is 1.17. The van der Waals surface area contributed by atoms with E-state index in [4.69, 9.17) is 9.97 Å². The van der Waals surface area contributed by atoms with Crippen LogP contribution in [0.5, 0.6) is 0 Å². The molecule has 7 nitrogen and oxygen atoms in total. The van der Waals surface area contributed by atoms with Gasteiger partial charge < -0.3 is 19.9 Å². The summed E-state index contributed by atoms with van der Waals surface area (Å²) in [5, 5.41) is 14.9. The number of nitrogens with one attached hydrogen (secondary N) is 1. The fourth-order valence-corrected chi connectivity index (χ4v) is 7.60. The van der Waals surface area contributed by atoms with E-state index in [1.807, 2.05) is 23.2 Å². The molecule has 0 radical (unpaired) electrons. The second kappa shape index (κ2) is 11.2. The van der Waals surface area contributed by atoms with Gasteiger partial charge in [-0.2, -0.15) is 4.98 Å². The Labute approximate surface area is 248 Å². The Morgan fingerprint density at radius 3 is 2.43 bits per heavy atom. The van der Waals surface area contributed by atoms with Gasteiger partial charge in [-0.1, -0.05) is 41.5 Å². The number of aliphatic hydroxyl groups is 1. The Morgan fingerprint density at radius 2 is 1.67 bits per heavy atom. The third kappa shape index (κ3) is 5.19. The number of aliphatic hydroxyl groups excluding tert-OH is 1. The fourth-order valence-electron chi connectivity index (χ4n) is 7.60. The van der Waals surface area contributed by atoms with Crippen molar-refractivity contribution in [1.29, 1.82) is 0 Å². The van der Waals surface area contributed by atoms with Crippen LogP contribution in [-0.2, 0) is 6.42 Å². The Kier molecular flexibility index (Phi) is 7.22. The molecule has 1 saturated heterocycles. The highest BCUT2D eigenvalue weighted by Crippen LogP contribution is 2.39. The zero-order valence-corrected chi connectivity index (χ0v) is 24.7. The summed E-state index contributed by atoms with van der Waals surface area (Å²) in [7, 11) is 0. The van der Waals surface area contributed by atoms with Crippen LogP contribution in [0.2, 0.25) is 0 Å². The van der Waals surface area contributed by atoms with Gasteiger partial charge in [-0.3, -0.25) is 4.79 Å². The molecule has 1 aliphatic heterocycles. The highest BCUT2D eigenvalue weighted by atomic mass is 16.3. The van der Waals surface area contributed by atoms with Gasteiger partial charge in [0.15, 0.2) is 0 Å². The van der Waals surface area contributed by atoms with E-state index < -0.39 is 0 Å². The first-order valence-corrected chi connectivity index (χ1v) is 15.7. The smallest absolute Gasteiger partial charge is 0.253 e. The number of anilines is 1. The Bertz CT molecular complexity index is 1590. The van der Waals surface area contributed by atoms with Crippen molar-refractivity contribution in [3.63, 3.8) is 0 Å². The molecule has 7 rings (SSSR count). The molecule has 0 bridgehead atoms. The summed E-state index contributed by atoms with van der Waals surface area (Å²) in [6.07, 6.45) is 11.7. The minimum atomic E-state index is -0.198. The van der Waals surface area contributed by atoms with Gasteiger partial charge in [-0.05, 0) is 100.0 Å². The average molecular weight is 564 g/mol. The molecule has 3 heterocycles. The number of carbonyl (C=O) groups excluding carboxylic acids is 1. The number of amides is 1. The summed E-state index contributed by atoms with van der Waals surface area (Å²) in [6.45, 7) is 5.60. The molecular formula is C35H41N5O2. The summed E-state index contributed by atoms with van der Waals surface area (Å²) in [4.78, 5) is 25.3. The second-order valence-electron chi connectivity index (χ2n) is 12.8. The van der Waals surface area contributed by atoms with Crippen LogP contribution in [-0.4, -0.2) is 49.6 Å². The average Bonchev–Trinajstić information content (AvgIpc) is 3.58. The van der Waals surface area contributed by atoms with Crippen LogP contribution in [0.3, 0.4) is 0 Å². The van der Waals surface area contributed by atoms with Crippen LogP contribution in [0.25, 0.3) is 11.0 Å². The number of hydrogen-bond acceptors (Lipinski definition) is 5. The predicted molar refractivity (Wildman–Crippen MR) is 166 cm³/mol.